The molecule has 0 amide bonds. The average molecular weight is 252 g/mol. The molecule has 0 atom stereocenters. The number of rotatable bonds is 3. The third-order valence-electron chi connectivity index (χ3n) is 1.89. The van der Waals surface area contributed by atoms with E-state index in [1.54, 1.807) is 24.3 Å². The summed E-state index contributed by atoms with van der Waals surface area (Å²) in [6, 6.07) is 8.76. The van der Waals surface area contributed by atoms with Gasteiger partial charge in [0, 0.05) is 0 Å². The van der Waals surface area contributed by atoms with Crippen LogP contribution in [-0.4, -0.2) is 23.2 Å². The quantitative estimate of drug-likeness (QED) is 0.643. The summed E-state index contributed by atoms with van der Waals surface area (Å²) < 4.78 is 30.7. The van der Waals surface area contributed by atoms with E-state index in [1.807, 2.05) is 6.07 Å². The lowest BCUT2D eigenvalue weighted by Gasteiger charge is -1.92. The van der Waals surface area contributed by atoms with E-state index < -0.39 is 15.0 Å². The van der Waals surface area contributed by atoms with Crippen molar-refractivity contribution in [2.45, 2.75) is 4.90 Å². The zero-order valence-corrected chi connectivity index (χ0v) is 9.29. The minimum Gasteiger partial charge on any atom is -0.282 e. The number of benzene rings is 1. The number of nitrogens with one attached hydrogen (secondary N) is 1. The molecule has 0 spiro atoms. The minimum atomic E-state index is -4.34. The zero-order valence-electron chi connectivity index (χ0n) is 8.48. The highest BCUT2D eigenvalue weighted by molar-refractivity contribution is 7.86. The smallest absolute Gasteiger partial charge is 0.282 e. The SMILES string of the molecule is O=S(=O)(O)c1cn[nH]c1N=Nc1ccccc1. The van der Waals surface area contributed by atoms with Gasteiger partial charge < -0.3 is 0 Å². The van der Waals surface area contributed by atoms with E-state index in [0.29, 0.717) is 5.69 Å². The van der Waals surface area contributed by atoms with Crippen LogP contribution < -0.4 is 0 Å². The van der Waals surface area contributed by atoms with Crippen molar-refractivity contribution in [1.82, 2.24) is 10.2 Å². The molecule has 8 heteroatoms. The maximum Gasteiger partial charge on any atom is 0.299 e. The highest BCUT2D eigenvalue weighted by Crippen LogP contribution is 2.22. The topological polar surface area (TPSA) is 108 Å². The second-order valence-corrected chi connectivity index (χ2v) is 4.48. The molecule has 1 aromatic heterocycles. The molecule has 0 unspecified atom stereocenters. The molecule has 88 valence electrons. The predicted octanol–water partition coefficient (Wildman–Crippen LogP) is 2.07. The van der Waals surface area contributed by atoms with E-state index in [4.69, 9.17) is 4.55 Å². The molecule has 2 aromatic rings. The molecule has 2 rings (SSSR count). The monoisotopic (exact) mass is 252 g/mol. The van der Waals surface area contributed by atoms with Crippen molar-refractivity contribution in [3.63, 3.8) is 0 Å². The Labute approximate surface area is 97.0 Å². The first-order valence-corrected chi connectivity index (χ1v) is 5.99. The van der Waals surface area contributed by atoms with Crippen molar-refractivity contribution in [3.8, 4) is 0 Å². The standard InChI is InChI=1S/C9H8N4O3S/c14-17(15,16)8-6-10-12-9(8)13-11-7-4-2-1-3-5-7/h1-6H,(H,10,12)(H,14,15,16). The van der Waals surface area contributed by atoms with Gasteiger partial charge in [0.25, 0.3) is 10.1 Å². The van der Waals surface area contributed by atoms with E-state index in [0.717, 1.165) is 6.20 Å². The summed E-state index contributed by atoms with van der Waals surface area (Å²) in [5, 5.41) is 13.3. The first kappa shape index (κ1) is 11.4. The second-order valence-electron chi connectivity index (χ2n) is 3.09. The van der Waals surface area contributed by atoms with Gasteiger partial charge in [0.15, 0.2) is 10.7 Å². The highest BCUT2D eigenvalue weighted by Gasteiger charge is 2.17. The Morgan fingerprint density at radius 2 is 1.88 bits per heavy atom. The summed E-state index contributed by atoms with van der Waals surface area (Å²) in [6.45, 7) is 0. The van der Waals surface area contributed by atoms with Gasteiger partial charge in [-0.15, -0.1) is 10.2 Å². The van der Waals surface area contributed by atoms with Gasteiger partial charge in [-0.25, -0.2) is 0 Å². The molecule has 0 saturated heterocycles. The Morgan fingerprint density at radius 3 is 2.53 bits per heavy atom. The van der Waals surface area contributed by atoms with Crippen LogP contribution in [0.2, 0.25) is 0 Å². The summed E-state index contributed by atoms with van der Waals surface area (Å²) >= 11 is 0. The lowest BCUT2D eigenvalue weighted by atomic mass is 10.3. The lowest BCUT2D eigenvalue weighted by Crippen LogP contribution is -1.95. The molecule has 0 aliphatic rings. The van der Waals surface area contributed by atoms with Crippen molar-refractivity contribution in [2.24, 2.45) is 10.2 Å². The number of aromatic nitrogens is 2. The van der Waals surface area contributed by atoms with Gasteiger partial charge in [-0.05, 0) is 12.1 Å². The van der Waals surface area contributed by atoms with E-state index in [1.165, 1.54) is 0 Å². The first-order chi connectivity index (χ1) is 8.07. The normalized spacial score (nSPS) is 12.1. The van der Waals surface area contributed by atoms with E-state index in [9.17, 15) is 8.42 Å². The molecular weight excluding hydrogens is 244 g/mol. The fourth-order valence-corrected chi connectivity index (χ4v) is 1.65. The van der Waals surface area contributed by atoms with Crippen LogP contribution in [0.25, 0.3) is 0 Å². The number of hydrogen-bond acceptors (Lipinski definition) is 5. The lowest BCUT2D eigenvalue weighted by molar-refractivity contribution is 0.483. The summed E-state index contributed by atoms with van der Waals surface area (Å²) in [6.07, 6.45) is 0.967. The Hall–Kier alpha value is -2.06. The van der Waals surface area contributed by atoms with Gasteiger partial charge in [-0.3, -0.25) is 9.65 Å². The molecule has 7 nitrogen and oxygen atoms in total. The Kier molecular flexibility index (Phi) is 2.98. The van der Waals surface area contributed by atoms with Crippen molar-refractivity contribution < 1.29 is 13.0 Å². The van der Waals surface area contributed by atoms with E-state index in [-0.39, 0.29) is 5.82 Å². The van der Waals surface area contributed by atoms with Crippen molar-refractivity contribution in [2.75, 3.05) is 0 Å². The zero-order chi connectivity index (χ0) is 12.3. The second kappa shape index (κ2) is 4.44. The molecule has 0 aliphatic heterocycles. The molecule has 1 heterocycles. The molecule has 2 N–H and O–H groups in total. The van der Waals surface area contributed by atoms with Gasteiger partial charge in [0.2, 0.25) is 0 Å². The fraction of sp³-hybridized carbons (Fsp3) is 0. The first-order valence-electron chi connectivity index (χ1n) is 4.55. The molecule has 17 heavy (non-hydrogen) atoms. The highest BCUT2D eigenvalue weighted by atomic mass is 32.2. The van der Waals surface area contributed by atoms with Gasteiger partial charge >= 0.3 is 0 Å². The molecule has 0 saturated carbocycles. The minimum absolute atomic E-state index is 0.114. The van der Waals surface area contributed by atoms with Crippen LogP contribution in [0.3, 0.4) is 0 Å². The van der Waals surface area contributed by atoms with E-state index >= 15 is 0 Å². The summed E-state index contributed by atoms with van der Waals surface area (Å²) in [7, 11) is -4.34. The van der Waals surface area contributed by atoms with E-state index in [2.05, 4.69) is 20.4 Å². The van der Waals surface area contributed by atoms with Crippen molar-refractivity contribution >= 4 is 21.6 Å². The van der Waals surface area contributed by atoms with Crippen molar-refractivity contribution in [1.29, 1.82) is 0 Å². The molecule has 0 bridgehead atoms. The largest absolute Gasteiger partial charge is 0.299 e. The van der Waals surface area contributed by atoms with Crippen LogP contribution in [-0.2, 0) is 10.1 Å². The Balaban J connectivity index is 2.32. The molecule has 1 aromatic carbocycles. The number of nitrogens with zero attached hydrogens (tertiary/aromatic N) is 3. The number of hydrogen-bond donors (Lipinski definition) is 2. The van der Waals surface area contributed by atoms with Crippen molar-refractivity contribution in [3.05, 3.63) is 36.5 Å². The molecule has 0 fully saturated rings. The summed E-state index contributed by atoms with van der Waals surface area (Å²) in [5.41, 5.74) is 0.559. The molecule has 0 radical (unpaired) electrons. The summed E-state index contributed by atoms with van der Waals surface area (Å²) in [5.74, 6) is -0.114. The summed E-state index contributed by atoms with van der Waals surface area (Å²) in [4.78, 5) is -0.405. The van der Waals surface area contributed by atoms with Crippen LogP contribution in [0.5, 0.6) is 0 Å². The van der Waals surface area contributed by atoms with Crippen LogP contribution in [0.15, 0.2) is 51.7 Å². The maximum atomic E-state index is 10.9. The average Bonchev–Trinajstić information content (AvgIpc) is 2.75. The maximum absolute atomic E-state index is 10.9. The Bertz CT molecular complexity index is 633. The van der Waals surface area contributed by atoms with Gasteiger partial charge in [-0.1, -0.05) is 18.2 Å². The van der Waals surface area contributed by atoms with Crippen LogP contribution in [0.4, 0.5) is 11.5 Å². The van der Waals surface area contributed by atoms with Gasteiger partial charge in [0.1, 0.15) is 0 Å². The van der Waals surface area contributed by atoms with Crippen LogP contribution in [0.1, 0.15) is 0 Å². The van der Waals surface area contributed by atoms with Gasteiger partial charge in [0.05, 0.1) is 11.9 Å². The van der Waals surface area contributed by atoms with Crippen LogP contribution in [0, 0.1) is 0 Å². The molecule has 0 aliphatic carbocycles. The van der Waals surface area contributed by atoms with Gasteiger partial charge in [-0.2, -0.15) is 13.5 Å². The third kappa shape index (κ3) is 2.74. The Morgan fingerprint density at radius 1 is 1.18 bits per heavy atom. The fourth-order valence-electron chi connectivity index (χ4n) is 1.13. The number of azo groups is 1. The predicted molar refractivity (Wildman–Crippen MR) is 59.0 cm³/mol. The molecular formula is C9H8N4O3S. The van der Waals surface area contributed by atoms with Crippen LogP contribution >= 0.6 is 0 Å². The number of aromatic amines is 1. The third-order valence-corrected chi connectivity index (χ3v) is 2.74. The number of H-pyrrole nitrogens is 1.